The maximum Gasteiger partial charge on any atom is 0.338 e. The third-order valence-electron chi connectivity index (χ3n) is 3.42. The number of esters is 1. The number of anilines is 1. The van der Waals surface area contributed by atoms with Gasteiger partial charge in [0.15, 0.2) is 23.8 Å². The summed E-state index contributed by atoms with van der Waals surface area (Å²) in [6, 6.07) is 0. The van der Waals surface area contributed by atoms with E-state index in [4.69, 9.17) is 15.2 Å². The molecule has 0 aromatic carbocycles. The number of aliphatic hydroxyl groups excluding tert-OH is 2. The molecule has 1 aliphatic heterocycles. The molecule has 10 heteroatoms. The summed E-state index contributed by atoms with van der Waals surface area (Å²) in [6.07, 6.45) is -2.48. The van der Waals surface area contributed by atoms with Crippen LogP contribution in [0.3, 0.4) is 0 Å². The average molecular weight is 309 g/mol. The molecule has 118 valence electrons. The van der Waals surface area contributed by atoms with Crippen molar-refractivity contribution in [3.05, 3.63) is 12.7 Å². The molecule has 4 atom stereocenters. The van der Waals surface area contributed by atoms with Crippen molar-refractivity contribution >= 4 is 23.0 Å². The van der Waals surface area contributed by atoms with Gasteiger partial charge in [-0.1, -0.05) is 0 Å². The first kappa shape index (κ1) is 14.6. The van der Waals surface area contributed by atoms with E-state index in [1.165, 1.54) is 17.2 Å². The van der Waals surface area contributed by atoms with Crippen LogP contribution >= 0.6 is 0 Å². The van der Waals surface area contributed by atoms with E-state index in [1.54, 1.807) is 6.92 Å². The first-order valence-electron chi connectivity index (χ1n) is 6.65. The van der Waals surface area contributed by atoms with Gasteiger partial charge in [-0.05, 0) is 6.92 Å². The number of aromatic nitrogens is 4. The second-order valence-electron chi connectivity index (χ2n) is 4.76. The van der Waals surface area contributed by atoms with Crippen LogP contribution in [0, 0.1) is 0 Å². The number of rotatable bonds is 3. The highest BCUT2D eigenvalue weighted by Gasteiger charge is 2.48. The summed E-state index contributed by atoms with van der Waals surface area (Å²) in [6.45, 7) is 1.78. The molecule has 1 aliphatic rings. The molecule has 0 radical (unpaired) electrons. The third-order valence-corrected chi connectivity index (χ3v) is 3.42. The number of nitrogens with zero attached hydrogens (tertiary/aromatic N) is 4. The molecule has 0 spiro atoms. The Bertz CT molecular complexity index is 704. The maximum atomic E-state index is 11.7. The van der Waals surface area contributed by atoms with Crippen LogP contribution in [0.25, 0.3) is 11.2 Å². The van der Waals surface area contributed by atoms with Crippen LogP contribution < -0.4 is 5.73 Å². The summed E-state index contributed by atoms with van der Waals surface area (Å²) < 4.78 is 11.6. The standard InChI is InChI=1S/C12H15N5O5/c1-2-21-12(20)8-6(18)7(19)11(22-8)17-4-16-5-9(13)14-3-15-10(5)17/h3-4,6-8,11,18-19H,2H2,1H3,(H2,13,14,15)/t6-,7+,8-,11-/m1/s1. The quantitative estimate of drug-likeness (QED) is 0.582. The van der Waals surface area contributed by atoms with Crippen molar-refractivity contribution in [2.45, 2.75) is 31.5 Å². The van der Waals surface area contributed by atoms with Gasteiger partial charge in [-0.2, -0.15) is 0 Å². The van der Waals surface area contributed by atoms with Gasteiger partial charge in [0.1, 0.15) is 24.1 Å². The molecule has 10 nitrogen and oxygen atoms in total. The Morgan fingerprint density at radius 3 is 2.91 bits per heavy atom. The maximum absolute atomic E-state index is 11.7. The number of nitrogen functional groups attached to an aromatic ring is 1. The van der Waals surface area contributed by atoms with Crippen molar-refractivity contribution in [2.24, 2.45) is 0 Å². The molecule has 1 saturated heterocycles. The zero-order chi connectivity index (χ0) is 15.9. The molecule has 1 fully saturated rings. The monoisotopic (exact) mass is 309 g/mol. The van der Waals surface area contributed by atoms with Crippen molar-refractivity contribution in [1.29, 1.82) is 0 Å². The number of carbonyl (C=O) groups excluding carboxylic acids is 1. The van der Waals surface area contributed by atoms with Crippen LogP contribution in [-0.4, -0.2) is 60.6 Å². The summed E-state index contributed by atoms with van der Waals surface area (Å²) in [5.74, 6) is -0.561. The van der Waals surface area contributed by atoms with Crippen LogP contribution in [0.1, 0.15) is 13.2 Å². The number of ether oxygens (including phenoxy) is 2. The minimum absolute atomic E-state index is 0.143. The Kier molecular flexibility index (Phi) is 3.64. The number of fused-ring (bicyclic) bond motifs is 1. The van der Waals surface area contributed by atoms with E-state index in [-0.39, 0.29) is 12.4 Å². The van der Waals surface area contributed by atoms with E-state index in [0.717, 1.165) is 0 Å². The van der Waals surface area contributed by atoms with Gasteiger partial charge >= 0.3 is 5.97 Å². The summed E-state index contributed by atoms with van der Waals surface area (Å²) in [7, 11) is 0. The lowest BCUT2D eigenvalue weighted by Gasteiger charge is -2.16. The summed E-state index contributed by atoms with van der Waals surface area (Å²) in [5.41, 5.74) is 6.36. The molecular formula is C12H15N5O5. The molecule has 0 amide bonds. The number of carbonyl (C=O) groups is 1. The highest BCUT2D eigenvalue weighted by Crippen LogP contribution is 2.32. The average Bonchev–Trinajstić information content (AvgIpc) is 3.03. The van der Waals surface area contributed by atoms with Crippen LogP contribution in [0.4, 0.5) is 5.82 Å². The lowest BCUT2D eigenvalue weighted by molar-refractivity contribution is -0.161. The van der Waals surface area contributed by atoms with Gasteiger partial charge in [-0.3, -0.25) is 4.57 Å². The molecular weight excluding hydrogens is 294 g/mol. The van der Waals surface area contributed by atoms with Gasteiger partial charge in [0.2, 0.25) is 0 Å². The summed E-state index contributed by atoms with van der Waals surface area (Å²) in [5, 5.41) is 20.1. The fourth-order valence-corrected chi connectivity index (χ4v) is 2.36. The largest absolute Gasteiger partial charge is 0.464 e. The number of nitrogens with two attached hydrogens (primary N) is 1. The number of aliphatic hydroxyl groups is 2. The predicted molar refractivity (Wildman–Crippen MR) is 72.3 cm³/mol. The smallest absolute Gasteiger partial charge is 0.338 e. The van der Waals surface area contributed by atoms with Gasteiger partial charge in [-0.25, -0.2) is 19.7 Å². The second-order valence-corrected chi connectivity index (χ2v) is 4.76. The van der Waals surface area contributed by atoms with E-state index in [2.05, 4.69) is 15.0 Å². The first-order valence-corrected chi connectivity index (χ1v) is 6.65. The van der Waals surface area contributed by atoms with Gasteiger partial charge in [0, 0.05) is 0 Å². The number of hydrogen-bond acceptors (Lipinski definition) is 9. The first-order chi connectivity index (χ1) is 10.5. The Balaban J connectivity index is 1.94. The highest BCUT2D eigenvalue weighted by molar-refractivity contribution is 5.81. The topological polar surface area (TPSA) is 146 Å². The van der Waals surface area contributed by atoms with Crippen molar-refractivity contribution < 1.29 is 24.5 Å². The molecule has 2 aromatic rings. The lowest BCUT2D eigenvalue weighted by atomic mass is 10.1. The Morgan fingerprint density at radius 2 is 2.18 bits per heavy atom. The van der Waals surface area contributed by atoms with Gasteiger partial charge in [0.25, 0.3) is 0 Å². The van der Waals surface area contributed by atoms with Crippen molar-refractivity contribution in [2.75, 3.05) is 12.3 Å². The van der Waals surface area contributed by atoms with Crippen molar-refractivity contribution in [3.8, 4) is 0 Å². The predicted octanol–water partition coefficient (Wildman–Crippen LogP) is -1.41. The van der Waals surface area contributed by atoms with E-state index < -0.39 is 30.5 Å². The molecule has 0 aliphatic carbocycles. The van der Waals surface area contributed by atoms with Crippen molar-refractivity contribution in [1.82, 2.24) is 19.5 Å². The zero-order valence-electron chi connectivity index (χ0n) is 11.7. The van der Waals surface area contributed by atoms with Crippen LogP contribution in [-0.2, 0) is 14.3 Å². The minimum atomic E-state index is -1.42. The Morgan fingerprint density at radius 1 is 1.41 bits per heavy atom. The summed E-state index contributed by atoms with van der Waals surface area (Å²) in [4.78, 5) is 23.6. The normalized spacial score (nSPS) is 28.1. The highest BCUT2D eigenvalue weighted by atomic mass is 16.6. The van der Waals surface area contributed by atoms with E-state index in [9.17, 15) is 15.0 Å². The Hall–Kier alpha value is -2.30. The Labute approximate surface area is 124 Å². The second kappa shape index (κ2) is 5.48. The SMILES string of the molecule is CCOC(=O)[C@@H]1O[C@@H](n2cnc3c(N)ncnc32)[C@@H](O)[C@H]1O. The fourth-order valence-electron chi connectivity index (χ4n) is 2.36. The molecule has 2 aromatic heterocycles. The van der Waals surface area contributed by atoms with Gasteiger partial charge in [-0.15, -0.1) is 0 Å². The third kappa shape index (κ3) is 2.17. The molecule has 0 unspecified atom stereocenters. The molecule has 3 rings (SSSR count). The minimum Gasteiger partial charge on any atom is -0.464 e. The zero-order valence-corrected chi connectivity index (χ0v) is 11.7. The molecule has 22 heavy (non-hydrogen) atoms. The van der Waals surface area contributed by atoms with Crippen LogP contribution in [0.15, 0.2) is 12.7 Å². The number of imidazole rings is 1. The summed E-state index contributed by atoms with van der Waals surface area (Å²) >= 11 is 0. The van der Waals surface area contributed by atoms with E-state index >= 15 is 0 Å². The van der Waals surface area contributed by atoms with Gasteiger partial charge < -0.3 is 25.4 Å². The van der Waals surface area contributed by atoms with E-state index in [0.29, 0.717) is 11.2 Å². The fraction of sp³-hybridized carbons (Fsp3) is 0.500. The molecule has 0 saturated carbocycles. The van der Waals surface area contributed by atoms with Crippen molar-refractivity contribution in [3.63, 3.8) is 0 Å². The molecule has 4 N–H and O–H groups in total. The molecule has 0 bridgehead atoms. The van der Waals surface area contributed by atoms with E-state index in [1.807, 2.05) is 0 Å². The van der Waals surface area contributed by atoms with Crippen LogP contribution in [0.5, 0.6) is 0 Å². The lowest BCUT2D eigenvalue weighted by Crippen LogP contribution is -2.37. The number of hydrogen-bond donors (Lipinski definition) is 3. The van der Waals surface area contributed by atoms with Gasteiger partial charge in [0.05, 0.1) is 12.9 Å². The molecule has 3 heterocycles. The van der Waals surface area contributed by atoms with Crippen LogP contribution in [0.2, 0.25) is 0 Å².